The summed E-state index contributed by atoms with van der Waals surface area (Å²) in [6.45, 7) is 4.00. The fraction of sp³-hybridized carbons (Fsp3) is 0.214. The van der Waals surface area contributed by atoms with E-state index in [1.807, 2.05) is 29.8 Å². The lowest BCUT2D eigenvalue weighted by atomic mass is 10.1. The van der Waals surface area contributed by atoms with E-state index >= 15 is 0 Å². The molecule has 0 spiro atoms. The molecular weight excluding hydrogens is 256 g/mol. The van der Waals surface area contributed by atoms with E-state index in [1.54, 1.807) is 11.8 Å². The average Bonchev–Trinajstić information content (AvgIpc) is 2.79. The number of rotatable bonds is 0. The normalized spacial score (nSPS) is 13.4. The van der Waals surface area contributed by atoms with Gasteiger partial charge in [-0.1, -0.05) is 30.0 Å². The Kier molecular flexibility index (Phi) is 2.20. The molecule has 0 N–H and O–H groups in total. The molecule has 5 heteroatoms. The van der Waals surface area contributed by atoms with E-state index < -0.39 is 0 Å². The third-order valence-electron chi connectivity index (χ3n) is 3.41. The fourth-order valence-electron chi connectivity index (χ4n) is 2.54. The Labute approximate surface area is 114 Å². The third-order valence-corrected chi connectivity index (χ3v) is 4.37. The van der Waals surface area contributed by atoms with Gasteiger partial charge in [-0.25, -0.2) is 9.67 Å². The number of aromatic nitrogens is 4. The zero-order valence-corrected chi connectivity index (χ0v) is 11.5. The summed E-state index contributed by atoms with van der Waals surface area (Å²) in [4.78, 5) is 9.17. The molecule has 0 saturated heterocycles. The maximum absolute atomic E-state index is 4.69. The minimum Gasteiger partial charge on any atom is -0.253 e. The molecule has 1 aliphatic heterocycles. The Bertz CT molecular complexity index is 807. The van der Waals surface area contributed by atoms with Gasteiger partial charge in [-0.05, 0) is 19.9 Å². The lowest BCUT2D eigenvalue weighted by molar-refractivity contribution is 0.768. The van der Waals surface area contributed by atoms with Crippen LogP contribution in [0.1, 0.15) is 17.1 Å². The summed E-state index contributed by atoms with van der Waals surface area (Å²) in [5, 5.41) is 6.66. The van der Waals surface area contributed by atoms with Crippen LogP contribution in [-0.2, 0) is 5.75 Å². The van der Waals surface area contributed by atoms with E-state index in [9.17, 15) is 0 Å². The number of hydrogen-bond acceptors (Lipinski definition) is 4. The SMILES string of the molecule is Cc1nc2n(n1)-c1c(c(C)nc3ccccc13)CS2. The van der Waals surface area contributed by atoms with Crippen LogP contribution in [0.3, 0.4) is 0 Å². The molecule has 0 amide bonds. The number of nitrogens with zero attached hydrogens (tertiary/aromatic N) is 4. The molecule has 0 radical (unpaired) electrons. The molecule has 0 fully saturated rings. The van der Waals surface area contributed by atoms with Crippen LogP contribution in [0.25, 0.3) is 16.6 Å². The smallest absolute Gasteiger partial charge is 0.191 e. The predicted molar refractivity (Wildman–Crippen MR) is 75.7 cm³/mol. The van der Waals surface area contributed by atoms with Gasteiger partial charge < -0.3 is 0 Å². The van der Waals surface area contributed by atoms with Crippen LogP contribution < -0.4 is 0 Å². The van der Waals surface area contributed by atoms with Crippen LogP contribution in [0, 0.1) is 13.8 Å². The second-order valence-corrected chi connectivity index (χ2v) is 5.63. The highest BCUT2D eigenvalue weighted by Crippen LogP contribution is 2.37. The molecule has 4 nitrogen and oxygen atoms in total. The summed E-state index contributed by atoms with van der Waals surface area (Å²) in [5.74, 6) is 1.73. The van der Waals surface area contributed by atoms with Crippen molar-refractivity contribution < 1.29 is 0 Å². The van der Waals surface area contributed by atoms with Crippen LogP contribution in [-0.4, -0.2) is 19.7 Å². The van der Waals surface area contributed by atoms with Gasteiger partial charge in [0.15, 0.2) is 5.16 Å². The molecule has 4 rings (SSSR count). The van der Waals surface area contributed by atoms with Gasteiger partial charge in [-0.2, -0.15) is 5.10 Å². The van der Waals surface area contributed by atoms with Crippen LogP contribution in [0.2, 0.25) is 0 Å². The standard InChI is InChI=1S/C14H12N4S/c1-8-11-7-19-14-16-9(2)17-18(14)13(11)10-5-3-4-6-12(10)15-8/h3-6H,7H2,1-2H3. The minimum absolute atomic E-state index is 0.814. The quantitative estimate of drug-likeness (QED) is 0.628. The van der Waals surface area contributed by atoms with E-state index in [-0.39, 0.29) is 0 Å². The van der Waals surface area contributed by atoms with E-state index in [0.717, 1.165) is 39.0 Å². The number of hydrogen-bond donors (Lipinski definition) is 0. The summed E-state index contributed by atoms with van der Waals surface area (Å²) in [7, 11) is 0. The predicted octanol–water partition coefficient (Wildman–Crippen LogP) is 3.04. The number of para-hydroxylation sites is 1. The zero-order valence-electron chi connectivity index (χ0n) is 10.7. The van der Waals surface area contributed by atoms with Crippen molar-refractivity contribution in [2.24, 2.45) is 0 Å². The molecule has 94 valence electrons. The first-order chi connectivity index (χ1) is 9.24. The topological polar surface area (TPSA) is 43.6 Å². The molecule has 1 aromatic carbocycles. The number of benzene rings is 1. The number of pyridine rings is 1. The highest BCUT2D eigenvalue weighted by molar-refractivity contribution is 7.98. The van der Waals surface area contributed by atoms with Crippen LogP contribution in [0.15, 0.2) is 29.4 Å². The fourth-order valence-corrected chi connectivity index (χ4v) is 3.61. The van der Waals surface area contributed by atoms with Gasteiger partial charge in [-0.15, -0.1) is 0 Å². The second-order valence-electron chi connectivity index (χ2n) is 4.68. The first-order valence-corrected chi connectivity index (χ1v) is 7.17. The molecule has 3 aromatic rings. The van der Waals surface area contributed by atoms with Crippen molar-refractivity contribution in [3.8, 4) is 5.69 Å². The van der Waals surface area contributed by atoms with Crippen molar-refractivity contribution in [2.75, 3.05) is 0 Å². The van der Waals surface area contributed by atoms with Crippen molar-refractivity contribution in [3.63, 3.8) is 0 Å². The molecular formula is C14H12N4S. The highest BCUT2D eigenvalue weighted by atomic mass is 32.2. The Hall–Kier alpha value is -1.88. The third kappa shape index (κ3) is 1.51. The molecule has 0 aliphatic carbocycles. The summed E-state index contributed by atoms with van der Waals surface area (Å²) < 4.78 is 1.97. The lowest BCUT2D eigenvalue weighted by Gasteiger charge is -2.19. The van der Waals surface area contributed by atoms with Crippen molar-refractivity contribution in [3.05, 3.63) is 41.3 Å². The van der Waals surface area contributed by atoms with E-state index in [0.29, 0.717) is 0 Å². The van der Waals surface area contributed by atoms with Gasteiger partial charge in [0, 0.05) is 22.4 Å². The molecule has 0 bridgehead atoms. The van der Waals surface area contributed by atoms with Gasteiger partial charge >= 0.3 is 0 Å². The van der Waals surface area contributed by atoms with Crippen molar-refractivity contribution in [1.82, 2.24) is 19.7 Å². The highest BCUT2D eigenvalue weighted by Gasteiger charge is 2.23. The van der Waals surface area contributed by atoms with Gasteiger partial charge in [-0.3, -0.25) is 4.98 Å². The Morgan fingerprint density at radius 3 is 2.89 bits per heavy atom. The van der Waals surface area contributed by atoms with Crippen molar-refractivity contribution in [2.45, 2.75) is 24.8 Å². The summed E-state index contributed by atoms with van der Waals surface area (Å²) in [6, 6.07) is 8.22. The first kappa shape index (κ1) is 11.0. The Morgan fingerprint density at radius 2 is 2.00 bits per heavy atom. The zero-order chi connectivity index (χ0) is 13.0. The van der Waals surface area contributed by atoms with Crippen LogP contribution >= 0.6 is 11.8 Å². The van der Waals surface area contributed by atoms with E-state index in [4.69, 9.17) is 4.98 Å². The van der Waals surface area contributed by atoms with Gasteiger partial charge in [0.25, 0.3) is 0 Å². The monoisotopic (exact) mass is 268 g/mol. The number of fused-ring (bicyclic) bond motifs is 5. The minimum atomic E-state index is 0.814. The Balaban J connectivity index is 2.18. The number of aryl methyl sites for hydroxylation is 2. The molecule has 19 heavy (non-hydrogen) atoms. The summed E-state index contributed by atoms with van der Waals surface area (Å²) in [5.41, 5.74) is 4.52. The van der Waals surface area contributed by atoms with Crippen LogP contribution in [0.5, 0.6) is 0 Å². The molecule has 0 atom stereocenters. The van der Waals surface area contributed by atoms with E-state index in [2.05, 4.69) is 23.1 Å². The second kappa shape index (κ2) is 3.81. The summed E-state index contributed by atoms with van der Waals surface area (Å²) in [6.07, 6.45) is 0. The summed E-state index contributed by atoms with van der Waals surface area (Å²) >= 11 is 1.72. The van der Waals surface area contributed by atoms with Crippen molar-refractivity contribution in [1.29, 1.82) is 0 Å². The largest absolute Gasteiger partial charge is 0.253 e. The maximum atomic E-state index is 4.69. The van der Waals surface area contributed by atoms with Gasteiger partial charge in [0.2, 0.25) is 0 Å². The lowest BCUT2D eigenvalue weighted by Crippen LogP contribution is -2.11. The number of thioether (sulfide) groups is 1. The molecule has 0 saturated carbocycles. The molecule has 1 aliphatic rings. The molecule has 0 unspecified atom stereocenters. The van der Waals surface area contributed by atoms with Gasteiger partial charge in [0.05, 0.1) is 11.2 Å². The van der Waals surface area contributed by atoms with Gasteiger partial charge in [0.1, 0.15) is 5.82 Å². The Morgan fingerprint density at radius 1 is 1.16 bits per heavy atom. The molecule has 3 heterocycles. The average molecular weight is 268 g/mol. The van der Waals surface area contributed by atoms with Crippen LogP contribution in [0.4, 0.5) is 0 Å². The maximum Gasteiger partial charge on any atom is 0.191 e. The van der Waals surface area contributed by atoms with E-state index in [1.165, 1.54) is 5.56 Å². The molecule has 2 aromatic heterocycles. The van der Waals surface area contributed by atoms with Crippen molar-refractivity contribution >= 4 is 22.7 Å². The first-order valence-electron chi connectivity index (χ1n) is 6.19.